The van der Waals surface area contributed by atoms with E-state index in [1.807, 2.05) is 36.4 Å². The molecule has 1 aliphatic rings. The molecule has 0 aliphatic carbocycles. The molecular formula is C24H26N6O4. The highest BCUT2D eigenvalue weighted by atomic mass is 16.5. The van der Waals surface area contributed by atoms with E-state index >= 15 is 0 Å². The summed E-state index contributed by atoms with van der Waals surface area (Å²) in [7, 11) is 1.54. The second-order valence-electron chi connectivity index (χ2n) is 7.75. The van der Waals surface area contributed by atoms with Crippen molar-refractivity contribution in [1.82, 2.24) is 15.0 Å². The van der Waals surface area contributed by atoms with Crippen LogP contribution in [0.1, 0.15) is 24.7 Å². The molecule has 10 heteroatoms. The Morgan fingerprint density at radius 3 is 2.71 bits per heavy atom. The molecule has 1 fully saturated rings. The Morgan fingerprint density at radius 2 is 1.91 bits per heavy atom. The highest BCUT2D eigenvalue weighted by molar-refractivity contribution is 6.00. The molecule has 1 amide bonds. The maximum absolute atomic E-state index is 12.7. The number of methoxy groups -OCH3 is 1. The summed E-state index contributed by atoms with van der Waals surface area (Å²) in [6.07, 6.45) is 0.886. The van der Waals surface area contributed by atoms with Crippen LogP contribution >= 0.6 is 0 Å². The topological polar surface area (TPSA) is 133 Å². The van der Waals surface area contributed by atoms with Crippen molar-refractivity contribution < 1.29 is 19.1 Å². The van der Waals surface area contributed by atoms with Crippen molar-refractivity contribution in [2.45, 2.75) is 26.4 Å². The number of esters is 1. The van der Waals surface area contributed by atoms with E-state index in [1.54, 1.807) is 17.0 Å². The molecule has 2 heterocycles. The summed E-state index contributed by atoms with van der Waals surface area (Å²) >= 11 is 0. The highest BCUT2D eigenvalue weighted by Crippen LogP contribution is 2.33. The van der Waals surface area contributed by atoms with Crippen LogP contribution in [0.3, 0.4) is 0 Å². The maximum atomic E-state index is 12.7. The van der Waals surface area contributed by atoms with Crippen LogP contribution in [-0.4, -0.2) is 40.5 Å². The van der Waals surface area contributed by atoms with Crippen LogP contribution in [0.15, 0.2) is 48.5 Å². The van der Waals surface area contributed by atoms with Crippen molar-refractivity contribution in [1.29, 1.82) is 0 Å². The molecule has 3 N–H and O–H groups in total. The van der Waals surface area contributed by atoms with Gasteiger partial charge in [0, 0.05) is 18.7 Å². The summed E-state index contributed by atoms with van der Waals surface area (Å²) in [6, 6.07) is 15.0. The van der Waals surface area contributed by atoms with Gasteiger partial charge in [0.2, 0.25) is 17.8 Å². The number of anilines is 4. The third-order valence-corrected chi connectivity index (χ3v) is 5.52. The van der Waals surface area contributed by atoms with Crippen molar-refractivity contribution in [2.75, 3.05) is 29.6 Å². The SMILES string of the molecule is CCc1ccccc1Nc1nc(N)nc(COC(=O)[C@@H]2CC(=O)N(c3ccccc3OC)C2)n1. The Kier molecular flexibility index (Phi) is 6.86. The second kappa shape index (κ2) is 10.2. The Bertz CT molecular complexity index is 1200. The van der Waals surface area contributed by atoms with Gasteiger partial charge in [-0.05, 0) is 30.2 Å². The van der Waals surface area contributed by atoms with Crippen LogP contribution in [0.25, 0.3) is 0 Å². The molecule has 10 nitrogen and oxygen atoms in total. The Balaban J connectivity index is 1.41. The average Bonchev–Trinajstić information content (AvgIpc) is 3.24. The van der Waals surface area contributed by atoms with Crippen molar-refractivity contribution >= 4 is 35.1 Å². The summed E-state index contributed by atoms with van der Waals surface area (Å²) < 4.78 is 10.8. The minimum atomic E-state index is -0.606. The van der Waals surface area contributed by atoms with Gasteiger partial charge >= 0.3 is 5.97 Å². The van der Waals surface area contributed by atoms with E-state index in [1.165, 1.54) is 7.11 Å². The first kappa shape index (κ1) is 23.0. The third kappa shape index (κ3) is 5.06. The average molecular weight is 463 g/mol. The zero-order valence-corrected chi connectivity index (χ0v) is 19.0. The predicted octanol–water partition coefficient (Wildman–Crippen LogP) is 2.86. The lowest BCUT2D eigenvalue weighted by atomic mass is 10.1. The fourth-order valence-electron chi connectivity index (χ4n) is 3.83. The number of benzene rings is 2. The van der Waals surface area contributed by atoms with E-state index in [0.29, 0.717) is 11.4 Å². The minimum Gasteiger partial charge on any atom is -0.495 e. The van der Waals surface area contributed by atoms with Crippen LogP contribution in [-0.2, 0) is 27.4 Å². The molecule has 0 saturated carbocycles. The number of ether oxygens (including phenoxy) is 2. The van der Waals surface area contributed by atoms with Crippen LogP contribution in [0.2, 0.25) is 0 Å². The number of para-hydroxylation sites is 3. The minimum absolute atomic E-state index is 0.0101. The van der Waals surface area contributed by atoms with Crippen molar-refractivity contribution in [3.8, 4) is 5.75 Å². The number of hydrogen-bond donors (Lipinski definition) is 2. The van der Waals surface area contributed by atoms with Crippen molar-refractivity contribution in [2.24, 2.45) is 5.92 Å². The number of nitrogen functional groups attached to an aromatic ring is 1. The van der Waals surface area contributed by atoms with Gasteiger partial charge in [0.25, 0.3) is 0 Å². The molecule has 1 aliphatic heterocycles. The lowest BCUT2D eigenvalue weighted by Crippen LogP contribution is -2.27. The van der Waals surface area contributed by atoms with E-state index in [0.717, 1.165) is 17.7 Å². The number of aryl methyl sites for hydroxylation is 1. The van der Waals surface area contributed by atoms with E-state index in [2.05, 4.69) is 27.2 Å². The van der Waals surface area contributed by atoms with Crippen molar-refractivity contribution in [3.05, 3.63) is 59.9 Å². The van der Waals surface area contributed by atoms with Gasteiger partial charge in [0.1, 0.15) is 5.75 Å². The quantitative estimate of drug-likeness (QED) is 0.485. The fraction of sp³-hybridized carbons (Fsp3) is 0.292. The number of aromatic nitrogens is 3. The molecule has 176 valence electrons. The van der Waals surface area contributed by atoms with Crippen LogP contribution in [0.5, 0.6) is 5.75 Å². The lowest BCUT2D eigenvalue weighted by molar-refractivity contribution is -0.149. The summed E-state index contributed by atoms with van der Waals surface area (Å²) in [5, 5.41) is 3.14. The molecule has 2 aromatic carbocycles. The van der Waals surface area contributed by atoms with E-state index < -0.39 is 11.9 Å². The molecule has 3 aromatic rings. The summed E-state index contributed by atoms with van der Waals surface area (Å²) in [5.74, 6) is -0.231. The normalized spacial score (nSPS) is 15.3. The standard InChI is InChI=1S/C24H26N6O4/c1-3-15-8-4-5-9-17(15)26-24-28-20(27-23(25)29-24)14-34-22(32)16-12-21(31)30(13-16)18-10-6-7-11-19(18)33-2/h4-11,16H,3,12-14H2,1-2H3,(H3,25,26,27,28,29)/t16-/m1/s1. The first-order valence-corrected chi connectivity index (χ1v) is 10.9. The van der Waals surface area contributed by atoms with Crippen LogP contribution < -0.4 is 20.7 Å². The van der Waals surface area contributed by atoms with Gasteiger partial charge in [-0.15, -0.1) is 0 Å². The predicted molar refractivity (Wildman–Crippen MR) is 127 cm³/mol. The molecule has 0 unspecified atom stereocenters. The molecule has 1 atom stereocenters. The highest BCUT2D eigenvalue weighted by Gasteiger charge is 2.37. The van der Waals surface area contributed by atoms with Crippen LogP contribution in [0.4, 0.5) is 23.3 Å². The summed E-state index contributed by atoms with van der Waals surface area (Å²) in [6.45, 7) is 2.07. The Labute approximate surface area is 197 Å². The van der Waals surface area contributed by atoms with Gasteiger partial charge in [-0.1, -0.05) is 37.3 Å². The summed E-state index contributed by atoms with van der Waals surface area (Å²) in [4.78, 5) is 39.3. The zero-order valence-electron chi connectivity index (χ0n) is 19.0. The van der Waals surface area contributed by atoms with Gasteiger partial charge < -0.3 is 25.4 Å². The van der Waals surface area contributed by atoms with Gasteiger partial charge in [-0.2, -0.15) is 15.0 Å². The van der Waals surface area contributed by atoms with Gasteiger partial charge in [0.15, 0.2) is 12.4 Å². The Hall–Kier alpha value is -4.21. The Morgan fingerprint density at radius 1 is 1.15 bits per heavy atom. The lowest BCUT2D eigenvalue weighted by Gasteiger charge is -2.19. The van der Waals surface area contributed by atoms with Crippen LogP contribution in [0, 0.1) is 5.92 Å². The molecule has 0 spiro atoms. The smallest absolute Gasteiger partial charge is 0.311 e. The first-order valence-electron chi connectivity index (χ1n) is 10.9. The number of amides is 1. The molecule has 1 saturated heterocycles. The third-order valence-electron chi connectivity index (χ3n) is 5.52. The molecule has 0 bridgehead atoms. The van der Waals surface area contributed by atoms with Gasteiger partial charge in [0.05, 0.1) is 18.7 Å². The van der Waals surface area contributed by atoms with Gasteiger partial charge in [-0.25, -0.2) is 0 Å². The number of carbonyl (C=O) groups excluding carboxylic acids is 2. The molecule has 34 heavy (non-hydrogen) atoms. The fourth-order valence-corrected chi connectivity index (χ4v) is 3.83. The van der Waals surface area contributed by atoms with Crippen molar-refractivity contribution in [3.63, 3.8) is 0 Å². The monoisotopic (exact) mass is 462 g/mol. The number of carbonyl (C=O) groups is 2. The largest absolute Gasteiger partial charge is 0.495 e. The number of nitrogens with two attached hydrogens (primary N) is 1. The number of nitrogens with one attached hydrogen (secondary N) is 1. The van der Waals surface area contributed by atoms with E-state index in [4.69, 9.17) is 15.2 Å². The molecule has 1 aromatic heterocycles. The van der Waals surface area contributed by atoms with E-state index in [-0.39, 0.29) is 43.2 Å². The number of nitrogens with zero attached hydrogens (tertiary/aromatic N) is 4. The summed E-state index contributed by atoms with van der Waals surface area (Å²) in [5.41, 5.74) is 8.42. The maximum Gasteiger partial charge on any atom is 0.311 e. The molecular weight excluding hydrogens is 436 g/mol. The first-order chi connectivity index (χ1) is 16.5. The second-order valence-corrected chi connectivity index (χ2v) is 7.75. The number of rotatable bonds is 8. The molecule has 0 radical (unpaired) electrons. The number of hydrogen-bond acceptors (Lipinski definition) is 9. The zero-order chi connectivity index (χ0) is 24.1. The van der Waals surface area contributed by atoms with Gasteiger partial charge in [-0.3, -0.25) is 9.59 Å². The van der Waals surface area contributed by atoms with E-state index in [9.17, 15) is 9.59 Å². The molecule has 4 rings (SSSR count).